The zero-order chi connectivity index (χ0) is 9.26. The molecule has 0 unspecified atom stereocenters. The third-order valence-corrected chi connectivity index (χ3v) is 2.90. The quantitative estimate of drug-likeness (QED) is 0.669. The number of benzene rings is 1. The summed E-state index contributed by atoms with van der Waals surface area (Å²) in [6, 6.07) is 6.33. The van der Waals surface area contributed by atoms with Gasteiger partial charge in [0.05, 0.1) is 11.2 Å². The first-order chi connectivity index (χ1) is 6.29. The minimum atomic E-state index is 1.09. The molecule has 0 fully saturated rings. The van der Waals surface area contributed by atoms with Gasteiger partial charge < -0.3 is 0 Å². The average Bonchev–Trinajstić information content (AvgIpc) is 2.62. The van der Waals surface area contributed by atoms with E-state index in [2.05, 4.69) is 42.4 Å². The van der Waals surface area contributed by atoms with Crippen LogP contribution in [0, 0.1) is 13.8 Å². The topological polar surface area (TPSA) is 12.9 Å². The Balaban J connectivity index is 2.59. The summed E-state index contributed by atoms with van der Waals surface area (Å²) in [5.41, 5.74) is 6.86. The summed E-state index contributed by atoms with van der Waals surface area (Å²) < 4.78 is 0. The molecule has 1 aromatic heterocycles. The first-order valence-corrected chi connectivity index (χ1v) is 5.18. The van der Waals surface area contributed by atoms with Crippen LogP contribution in [-0.4, -0.2) is 4.98 Å². The Morgan fingerprint density at radius 2 is 2.08 bits per heavy atom. The van der Waals surface area contributed by atoms with Gasteiger partial charge in [0.15, 0.2) is 0 Å². The number of aromatic nitrogens is 1. The summed E-state index contributed by atoms with van der Waals surface area (Å²) >= 11 is 1.64. The molecule has 0 aliphatic rings. The zero-order valence-corrected chi connectivity index (χ0v) is 8.56. The SMILES string of the molecule is Cc1cccc(-c2cscn2)c1C. The highest BCUT2D eigenvalue weighted by Gasteiger charge is 2.04. The molecule has 66 valence electrons. The Morgan fingerprint density at radius 3 is 2.77 bits per heavy atom. The van der Waals surface area contributed by atoms with E-state index in [1.165, 1.54) is 16.7 Å². The molecule has 13 heavy (non-hydrogen) atoms. The van der Waals surface area contributed by atoms with E-state index in [0.717, 1.165) is 5.69 Å². The molecule has 2 heteroatoms. The number of thiazole rings is 1. The average molecular weight is 189 g/mol. The van der Waals surface area contributed by atoms with Crippen LogP contribution in [0.5, 0.6) is 0 Å². The van der Waals surface area contributed by atoms with Crippen LogP contribution in [-0.2, 0) is 0 Å². The summed E-state index contributed by atoms with van der Waals surface area (Å²) in [5, 5.41) is 2.09. The predicted octanol–water partition coefficient (Wildman–Crippen LogP) is 3.43. The standard InChI is InChI=1S/C11H11NS/c1-8-4-3-5-10(9(8)2)11-6-13-7-12-11/h3-7H,1-2H3. The van der Waals surface area contributed by atoms with Gasteiger partial charge in [-0.05, 0) is 25.0 Å². The molecule has 0 spiro atoms. The maximum atomic E-state index is 4.31. The van der Waals surface area contributed by atoms with Crippen molar-refractivity contribution >= 4 is 11.3 Å². The first kappa shape index (κ1) is 8.45. The van der Waals surface area contributed by atoms with Crippen LogP contribution < -0.4 is 0 Å². The number of hydrogen-bond acceptors (Lipinski definition) is 2. The van der Waals surface area contributed by atoms with Crippen molar-refractivity contribution in [3.63, 3.8) is 0 Å². The summed E-state index contributed by atoms with van der Waals surface area (Å²) in [7, 11) is 0. The van der Waals surface area contributed by atoms with E-state index in [1.807, 2.05) is 5.51 Å². The molecule has 0 amide bonds. The van der Waals surface area contributed by atoms with Crippen LogP contribution in [0.15, 0.2) is 29.1 Å². The van der Waals surface area contributed by atoms with Crippen molar-refractivity contribution in [1.29, 1.82) is 0 Å². The minimum Gasteiger partial charge on any atom is -0.245 e. The van der Waals surface area contributed by atoms with Crippen molar-refractivity contribution in [2.45, 2.75) is 13.8 Å². The van der Waals surface area contributed by atoms with Gasteiger partial charge in [0, 0.05) is 10.9 Å². The van der Waals surface area contributed by atoms with Crippen molar-refractivity contribution in [1.82, 2.24) is 4.98 Å². The molecule has 0 radical (unpaired) electrons. The van der Waals surface area contributed by atoms with Gasteiger partial charge in [-0.3, -0.25) is 0 Å². The lowest BCUT2D eigenvalue weighted by Crippen LogP contribution is -1.86. The van der Waals surface area contributed by atoms with Crippen LogP contribution in [0.3, 0.4) is 0 Å². The molecule has 0 atom stereocenters. The largest absolute Gasteiger partial charge is 0.245 e. The number of nitrogens with zero attached hydrogens (tertiary/aromatic N) is 1. The molecule has 0 N–H and O–H groups in total. The van der Waals surface area contributed by atoms with Crippen LogP contribution in [0.1, 0.15) is 11.1 Å². The highest BCUT2D eigenvalue weighted by molar-refractivity contribution is 7.07. The second-order valence-corrected chi connectivity index (χ2v) is 3.84. The van der Waals surface area contributed by atoms with Crippen LogP contribution >= 0.6 is 11.3 Å². The van der Waals surface area contributed by atoms with Gasteiger partial charge in [-0.1, -0.05) is 18.2 Å². The monoisotopic (exact) mass is 189 g/mol. The Bertz CT molecular complexity index is 404. The maximum Gasteiger partial charge on any atom is 0.0813 e. The van der Waals surface area contributed by atoms with Gasteiger partial charge in [-0.2, -0.15) is 0 Å². The lowest BCUT2D eigenvalue weighted by atomic mass is 10.0. The Morgan fingerprint density at radius 1 is 1.23 bits per heavy atom. The summed E-state index contributed by atoms with van der Waals surface area (Å²) in [6.07, 6.45) is 0. The molecule has 1 aromatic carbocycles. The van der Waals surface area contributed by atoms with Gasteiger partial charge in [-0.25, -0.2) is 4.98 Å². The van der Waals surface area contributed by atoms with Gasteiger partial charge in [0.25, 0.3) is 0 Å². The van der Waals surface area contributed by atoms with Crippen LogP contribution in [0.25, 0.3) is 11.3 Å². The third kappa shape index (κ3) is 1.49. The van der Waals surface area contributed by atoms with Crippen molar-refractivity contribution in [2.24, 2.45) is 0 Å². The first-order valence-electron chi connectivity index (χ1n) is 4.24. The van der Waals surface area contributed by atoms with E-state index >= 15 is 0 Å². The molecular weight excluding hydrogens is 178 g/mol. The number of hydrogen-bond donors (Lipinski definition) is 0. The molecule has 0 saturated heterocycles. The van der Waals surface area contributed by atoms with Gasteiger partial charge in [0.2, 0.25) is 0 Å². The van der Waals surface area contributed by atoms with E-state index < -0.39 is 0 Å². The molecular formula is C11H11NS. The predicted molar refractivity (Wildman–Crippen MR) is 57.0 cm³/mol. The van der Waals surface area contributed by atoms with Gasteiger partial charge in [-0.15, -0.1) is 11.3 Å². The second kappa shape index (κ2) is 3.30. The number of rotatable bonds is 1. The van der Waals surface area contributed by atoms with Crippen molar-refractivity contribution in [2.75, 3.05) is 0 Å². The summed E-state index contributed by atoms with van der Waals surface area (Å²) in [5.74, 6) is 0. The van der Waals surface area contributed by atoms with Crippen LogP contribution in [0.2, 0.25) is 0 Å². The molecule has 0 saturated carbocycles. The van der Waals surface area contributed by atoms with Gasteiger partial charge in [0.1, 0.15) is 0 Å². The Labute approximate surface area is 82.1 Å². The van der Waals surface area contributed by atoms with E-state index in [-0.39, 0.29) is 0 Å². The summed E-state index contributed by atoms with van der Waals surface area (Å²) in [4.78, 5) is 4.31. The fourth-order valence-electron chi connectivity index (χ4n) is 1.37. The molecule has 2 rings (SSSR count). The van der Waals surface area contributed by atoms with Gasteiger partial charge >= 0.3 is 0 Å². The lowest BCUT2D eigenvalue weighted by molar-refractivity contribution is 1.31. The molecule has 1 nitrogen and oxygen atoms in total. The molecule has 0 aliphatic carbocycles. The second-order valence-electron chi connectivity index (χ2n) is 3.12. The van der Waals surface area contributed by atoms with Crippen molar-refractivity contribution < 1.29 is 0 Å². The fourth-order valence-corrected chi connectivity index (χ4v) is 1.93. The highest BCUT2D eigenvalue weighted by Crippen LogP contribution is 2.24. The van der Waals surface area contributed by atoms with Crippen LogP contribution in [0.4, 0.5) is 0 Å². The normalized spacial score (nSPS) is 10.3. The highest BCUT2D eigenvalue weighted by atomic mass is 32.1. The third-order valence-electron chi connectivity index (χ3n) is 2.31. The summed E-state index contributed by atoms with van der Waals surface area (Å²) in [6.45, 7) is 4.27. The fraction of sp³-hybridized carbons (Fsp3) is 0.182. The van der Waals surface area contributed by atoms with E-state index in [1.54, 1.807) is 11.3 Å². The van der Waals surface area contributed by atoms with E-state index in [9.17, 15) is 0 Å². The zero-order valence-electron chi connectivity index (χ0n) is 7.74. The Kier molecular flexibility index (Phi) is 2.15. The lowest BCUT2D eigenvalue weighted by Gasteiger charge is -2.04. The molecule has 2 aromatic rings. The number of aryl methyl sites for hydroxylation is 1. The van der Waals surface area contributed by atoms with Crippen molar-refractivity contribution in [3.05, 3.63) is 40.2 Å². The maximum absolute atomic E-state index is 4.31. The smallest absolute Gasteiger partial charge is 0.0813 e. The molecule has 0 bridgehead atoms. The van der Waals surface area contributed by atoms with E-state index in [0.29, 0.717) is 0 Å². The molecule has 1 heterocycles. The van der Waals surface area contributed by atoms with E-state index in [4.69, 9.17) is 0 Å². The molecule has 0 aliphatic heterocycles. The van der Waals surface area contributed by atoms with Crippen molar-refractivity contribution in [3.8, 4) is 11.3 Å². The Hall–Kier alpha value is -1.15. The minimum absolute atomic E-state index is 1.09.